The van der Waals surface area contributed by atoms with E-state index in [0.29, 0.717) is 0 Å². The van der Waals surface area contributed by atoms with Crippen molar-refractivity contribution < 1.29 is 0 Å². The number of hydrogen-bond donors (Lipinski definition) is 0. The van der Waals surface area contributed by atoms with Crippen LogP contribution in [0.2, 0.25) is 0 Å². The van der Waals surface area contributed by atoms with E-state index in [-0.39, 0.29) is 0 Å². The van der Waals surface area contributed by atoms with Crippen LogP contribution in [0.15, 0.2) is 194 Å². The molecular formula is C50H32N2. The molecule has 11 aromatic rings. The molecule has 0 N–H and O–H groups in total. The van der Waals surface area contributed by atoms with Crippen molar-refractivity contribution >= 4 is 65.2 Å². The number of aromatic nitrogens is 2. The second-order valence-electron chi connectivity index (χ2n) is 13.8. The molecule has 2 nitrogen and oxygen atoms in total. The SMILES string of the molecule is c1ccc(-c2ccc(-n3c4ccccc4c4cc(-n5c6ccccc6c6cc7ccccc7c(-c7ccc8ccccc8c7)c65)ccc43)cc2)cc1. The first-order valence-electron chi connectivity index (χ1n) is 17.9. The van der Waals surface area contributed by atoms with Gasteiger partial charge in [0.25, 0.3) is 0 Å². The Bertz CT molecular complexity index is 3160. The van der Waals surface area contributed by atoms with Crippen LogP contribution in [-0.2, 0) is 0 Å². The molecule has 0 aliphatic carbocycles. The maximum Gasteiger partial charge on any atom is 0.0625 e. The van der Waals surface area contributed by atoms with Crippen molar-refractivity contribution in [3.8, 4) is 33.6 Å². The van der Waals surface area contributed by atoms with Gasteiger partial charge in [0.1, 0.15) is 0 Å². The third-order valence-corrected chi connectivity index (χ3v) is 10.9. The first-order valence-corrected chi connectivity index (χ1v) is 17.9. The molecule has 2 heteroatoms. The lowest BCUT2D eigenvalue weighted by molar-refractivity contribution is 1.17. The van der Waals surface area contributed by atoms with Gasteiger partial charge in [0, 0.05) is 38.5 Å². The van der Waals surface area contributed by atoms with Gasteiger partial charge in [-0.1, -0.05) is 140 Å². The molecule has 0 aliphatic rings. The van der Waals surface area contributed by atoms with Crippen molar-refractivity contribution in [3.05, 3.63) is 194 Å². The van der Waals surface area contributed by atoms with E-state index in [0.717, 1.165) is 11.4 Å². The van der Waals surface area contributed by atoms with E-state index < -0.39 is 0 Å². The zero-order chi connectivity index (χ0) is 34.2. The molecule has 0 atom stereocenters. The molecule has 242 valence electrons. The van der Waals surface area contributed by atoms with Crippen molar-refractivity contribution in [2.45, 2.75) is 0 Å². The Hall–Kier alpha value is -6.90. The van der Waals surface area contributed by atoms with Crippen LogP contribution in [0, 0.1) is 0 Å². The molecule has 2 heterocycles. The smallest absolute Gasteiger partial charge is 0.0625 e. The van der Waals surface area contributed by atoms with Crippen LogP contribution < -0.4 is 0 Å². The van der Waals surface area contributed by atoms with Gasteiger partial charge in [-0.3, -0.25) is 0 Å². The summed E-state index contributed by atoms with van der Waals surface area (Å²) in [6.45, 7) is 0. The van der Waals surface area contributed by atoms with E-state index in [4.69, 9.17) is 0 Å². The fraction of sp³-hybridized carbons (Fsp3) is 0. The van der Waals surface area contributed by atoms with Crippen molar-refractivity contribution in [1.82, 2.24) is 9.13 Å². The predicted molar refractivity (Wildman–Crippen MR) is 221 cm³/mol. The molecular weight excluding hydrogens is 629 g/mol. The van der Waals surface area contributed by atoms with Crippen LogP contribution in [0.4, 0.5) is 0 Å². The van der Waals surface area contributed by atoms with Crippen molar-refractivity contribution in [1.29, 1.82) is 0 Å². The molecule has 0 bridgehead atoms. The van der Waals surface area contributed by atoms with Gasteiger partial charge in [0.05, 0.1) is 22.1 Å². The summed E-state index contributed by atoms with van der Waals surface area (Å²) in [5, 5.41) is 10.00. The predicted octanol–water partition coefficient (Wildman–Crippen LogP) is 13.5. The highest BCUT2D eigenvalue weighted by atomic mass is 15.0. The van der Waals surface area contributed by atoms with Crippen LogP contribution in [0.3, 0.4) is 0 Å². The number of benzene rings is 9. The van der Waals surface area contributed by atoms with Crippen LogP contribution in [0.1, 0.15) is 0 Å². The summed E-state index contributed by atoms with van der Waals surface area (Å²) in [4.78, 5) is 0. The molecule has 0 spiro atoms. The average Bonchev–Trinajstić information content (AvgIpc) is 3.72. The standard InChI is InChI=1S/C50H32N2/c1-2-12-33(13-3-1)35-24-26-39(27-25-35)51-46-20-10-8-18-42(46)44-32-40(28-29-48(44)51)52-47-21-11-9-19-43(47)45-31-37-16-6-7-17-41(37)49(50(45)52)38-23-22-34-14-4-5-15-36(34)30-38/h1-32H. The first-order chi connectivity index (χ1) is 25.8. The van der Waals surface area contributed by atoms with Gasteiger partial charge in [0.15, 0.2) is 0 Å². The highest BCUT2D eigenvalue weighted by Gasteiger charge is 2.21. The van der Waals surface area contributed by atoms with Gasteiger partial charge in [0.2, 0.25) is 0 Å². The number of hydrogen-bond acceptors (Lipinski definition) is 0. The Balaban J connectivity index is 1.19. The molecule has 0 radical (unpaired) electrons. The van der Waals surface area contributed by atoms with Crippen molar-refractivity contribution in [3.63, 3.8) is 0 Å². The van der Waals surface area contributed by atoms with E-state index in [9.17, 15) is 0 Å². The second kappa shape index (κ2) is 11.3. The maximum absolute atomic E-state index is 2.50. The summed E-state index contributed by atoms with van der Waals surface area (Å²) in [7, 11) is 0. The van der Waals surface area contributed by atoms with Gasteiger partial charge in [-0.15, -0.1) is 0 Å². The topological polar surface area (TPSA) is 9.86 Å². The molecule has 0 saturated heterocycles. The van der Waals surface area contributed by atoms with Crippen molar-refractivity contribution in [2.24, 2.45) is 0 Å². The van der Waals surface area contributed by atoms with Gasteiger partial charge >= 0.3 is 0 Å². The summed E-state index contributed by atoms with van der Waals surface area (Å²) in [6, 6.07) is 71.0. The summed E-state index contributed by atoms with van der Waals surface area (Å²) >= 11 is 0. The highest BCUT2D eigenvalue weighted by Crippen LogP contribution is 2.44. The van der Waals surface area contributed by atoms with Crippen LogP contribution >= 0.6 is 0 Å². The summed E-state index contributed by atoms with van der Waals surface area (Å²) in [5.41, 5.74) is 12.1. The van der Waals surface area contributed by atoms with Gasteiger partial charge in [-0.2, -0.15) is 0 Å². The van der Waals surface area contributed by atoms with Gasteiger partial charge in [-0.25, -0.2) is 0 Å². The normalized spacial score (nSPS) is 11.8. The molecule has 0 fully saturated rings. The van der Waals surface area contributed by atoms with E-state index >= 15 is 0 Å². The van der Waals surface area contributed by atoms with Crippen LogP contribution in [0.5, 0.6) is 0 Å². The Morgan fingerprint density at radius 1 is 0.269 bits per heavy atom. The number of rotatable bonds is 4. The molecule has 0 unspecified atom stereocenters. The quantitative estimate of drug-likeness (QED) is 0.178. The molecule has 2 aromatic heterocycles. The molecule has 9 aromatic carbocycles. The molecule has 0 amide bonds. The third-order valence-electron chi connectivity index (χ3n) is 10.9. The van der Waals surface area contributed by atoms with E-state index in [2.05, 4.69) is 203 Å². The van der Waals surface area contributed by atoms with Crippen LogP contribution in [-0.4, -0.2) is 9.13 Å². The summed E-state index contributed by atoms with van der Waals surface area (Å²) in [6.07, 6.45) is 0. The summed E-state index contributed by atoms with van der Waals surface area (Å²) < 4.78 is 4.91. The lowest BCUT2D eigenvalue weighted by Crippen LogP contribution is -1.97. The molecule has 0 saturated carbocycles. The van der Waals surface area contributed by atoms with Gasteiger partial charge < -0.3 is 9.13 Å². The van der Waals surface area contributed by atoms with E-state index in [1.165, 1.54) is 87.4 Å². The van der Waals surface area contributed by atoms with Crippen molar-refractivity contribution in [2.75, 3.05) is 0 Å². The lowest BCUT2D eigenvalue weighted by atomic mass is 9.93. The second-order valence-corrected chi connectivity index (χ2v) is 13.8. The van der Waals surface area contributed by atoms with Gasteiger partial charge in [-0.05, 0) is 92.8 Å². The monoisotopic (exact) mass is 660 g/mol. The largest absolute Gasteiger partial charge is 0.309 e. The Morgan fingerprint density at radius 3 is 1.62 bits per heavy atom. The third kappa shape index (κ3) is 4.31. The summed E-state index contributed by atoms with van der Waals surface area (Å²) in [5.74, 6) is 0. The molecule has 11 rings (SSSR count). The lowest BCUT2D eigenvalue weighted by Gasteiger charge is -2.15. The minimum absolute atomic E-state index is 1.15. The van der Waals surface area contributed by atoms with E-state index in [1.807, 2.05) is 0 Å². The molecule has 52 heavy (non-hydrogen) atoms. The zero-order valence-corrected chi connectivity index (χ0v) is 28.4. The molecule has 0 aliphatic heterocycles. The minimum atomic E-state index is 1.15. The number of para-hydroxylation sites is 2. The minimum Gasteiger partial charge on any atom is -0.309 e. The average molecular weight is 661 g/mol. The van der Waals surface area contributed by atoms with Crippen LogP contribution in [0.25, 0.3) is 98.8 Å². The maximum atomic E-state index is 2.50. The number of nitrogens with zero attached hydrogens (tertiary/aromatic N) is 2. The fourth-order valence-corrected chi connectivity index (χ4v) is 8.51. The number of fused-ring (bicyclic) bond motifs is 8. The van der Waals surface area contributed by atoms with E-state index in [1.54, 1.807) is 0 Å². The zero-order valence-electron chi connectivity index (χ0n) is 28.4. The Morgan fingerprint density at radius 2 is 0.827 bits per heavy atom. The highest BCUT2D eigenvalue weighted by molar-refractivity contribution is 6.22. The fourth-order valence-electron chi connectivity index (χ4n) is 8.51. The first kappa shape index (κ1) is 28.9. The Labute approximate surface area is 301 Å². The Kier molecular flexibility index (Phi) is 6.28.